The highest BCUT2D eigenvalue weighted by Crippen LogP contribution is 2.34. The molecule has 0 atom stereocenters. The summed E-state index contributed by atoms with van der Waals surface area (Å²) in [6.07, 6.45) is 0. The van der Waals surface area contributed by atoms with E-state index in [0.717, 1.165) is 12.1 Å². The average Bonchev–Trinajstić information content (AvgIpc) is 2.80. The highest BCUT2D eigenvalue weighted by Gasteiger charge is 2.18. The lowest BCUT2D eigenvalue weighted by Crippen LogP contribution is -1.93. The van der Waals surface area contributed by atoms with Gasteiger partial charge in [0.2, 0.25) is 0 Å². The van der Waals surface area contributed by atoms with Gasteiger partial charge in [-0.2, -0.15) is 5.26 Å². The summed E-state index contributed by atoms with van der Waals surface area (Å²) in [5, 5.41) is 17.7. The van der Waals surface area contributed by atoms with E-state index in [1.807, 2.05) is 0 Å². The number of hydrogen-bond donors (Lipinski definition) is 1. The standard InChI is InChI=1S/C13H7F2NO3S/c1-19-11-7(5-16)2-6(3-8(11)14)10-4-9(15)12(20-10)13(17)18/h2-4H,1H3,(H,17,18). The molecule has 7 heteroatoms. The number of nitrogens with zero attached hydrogens (tertiary/aromatic N) is 1. The summed E-state index contributed by atoms with van der Waals surface area (Å²) in [4.78, 5) is 10.5. The number of rotatable bonds is 3. The molecule has 1 aromatic heterocycles. The van der Waals surface area contributed by atoms with Crippen LogP contribution in [0.4, 0.5) is 8.78 Å². The molecule has 20 heavy (non-hydrogen) atoms. The van der Waals surface area contributed by atoms with Crippen LogP contribution in [0.1, 0.15) is 15.2 Å². The number of thiophene rings is 1. The fraction of sp³-hybridized carbons (Fsp3) is 0.0769. The van der Waals surface area contributed by atoms with Crippen LogP contribution in [0.15, 0.2) is 18.2 Å². The van der Waals surface area contributed by atoms with Crippen molar-refractivity contribution in [1.82, 2.24) is 0 Å². The van der Waals surface area contributed by atoms with Crippen LogP contribution < -0.4 is 4.74 Å². The van der Waals surface area contributed by atoms with Crippen molar-refractivity contribution in [2.24, 2.45) is 0 Å². The van der Waals surface area contributed by atoms with Gasteiger partial charge in [0.05, 0.1) is 12.7 Å². The van der Waals surface area contributed by atoms with Crippen molar-refractivity contribution in [1.29, 1.82) is 5.26 Å². The number of halogens is 2. The lowest BCUT2D eigenvalue weighted by Gasteiger charge is -2.06. The molecule has 0 saturated heterocycles. The summed E-state index contributed by atoms with van der Waals surface area (Å²) in [6, 6.07) is 5.15. The zero-order valence-electron chi connectivity index (χ0n) is 10.1. The molecule has 1 aromatic carbocycles. The quantitative estimate of drug-likeness (QED) is 0.943. The van der Waals surface area contributed by atoms with Crippen LogP contribution in [0, 0.1) is 23.0 Å². The van der Waals surface area contributed by atoms with Crippen LogP contribution in [-0.4, -0.2) is 18.2 Å². The van der Waals surface area contributed by atoms with Gasteiger partial charge in [-0.15, -0.1) is 11.3 Å². The molecule has 2 aromatic rings. The van der Waals surface area contributed by atoms with E-state index in [4.69, 9.17) is 15.1 Å². The van der Waals surface area contributed by atoms with Crippen molar-refractivity contribution in [2.45, 2.75) is 0 Å². The largest absolute Gasteiger partial charge is 0.492 e. The van der Waals surface area contributed by atoms with Crippen molar-refractivity contribution in [3.05, 3.63) is 40.3 Å². The number of carbonyl (C=O) groups is 1. The van der Waals surface area contributed by atoms with E-state index in [1.54, 1.807) is 6.07 Å². The van der Waals surface area contributed by atoms with E-state index in [-0.39, 0.29) is 21.8 Å². The van der Waals surface area contributed by atoms with Crippen LogP contribution in [0.2, 0.25) is 0 Å². The molecule has 1 N–H and O–H groups in total. The monoisotopic (exact) mass is 295 g/mol. The van der Waals surface area contributed by atoms with E-state index in [2.05, 4.69) is 0 Å². The van der Waals surface area contributed by atoms with Crippen molar-refractivity contribution in [3.63, 3.8) is 0 Å². The number of hydrogen-bond acceptors (Lipinski definition) is 4. The van der Waals surface area contributed by atoms with Gasteiger partial charge in [-0.25, -0.2) is 13.6 Å². The number of ether oxygens (including phenoxy) is 1. The molecule has 0 bridgehead atoms. The minimum Gasteiger partial charge on any atom is -0.492 e. The summed E-state index contributed by atoms with van der Waals surface area (Å²) in [5.41, 5.74) is 0.171. The van der Waals surface area contributed by atoms with Crippen molar-refractivity contribution in [2.75, 3.05) is 7.11 Å². The van der Waals surface area contributed by atoms with Crippen molar-refractivity contribution < 1.29 is 23.4 Å². The fourth-order valence-electron chi connectivity index (χ4n) is 1.68. The maximum absolute atomic E-state index is 13.8. The van der Waals surface area contributed by atoms with Crippen molar-refractivity contribution >= 4 is 17.3 Å². The molecule has 4 nitrogen and oxygen atoms in total. The molecule has 0 spiro atoms. The molecule has 0 aliphatic carbocycles. The molecule has 0 unspecified atom stereocenters. The third-order valence-electron chi connectivity index (χ3n) is 2.53. The Morgan fingerprint density at radius 3 is 2.55 bits per heavy atom. The molecule has 0 saturated carbocycles. The molecule has 0 aliphatic heterocycles. The summed E-state index contributed by atoms with van der Waals surface area (Å²) < 4.78 is 32.0. The van der Waals surface area contributed by atoms with E-state index < -0.39 is 22.5 Å². The van der Waals surface area contributed by atoms with Crippen LogP contribution in [0.5, 0.6) is 5.75 Å². The minimum atomic E-state index is -1.40. The Balaban J connectivity index is 2.60. The SMILES string of the molecule is COc1c(F)cc(-c2cc(F)c(C(=O)O)s2)cc1C#N. The van der Waals surface area contributed by atoms with Gasteiger partial charge in [0.25, 0.3) is 0 Å². The third-order valence-corrected chi connectivity index (χ3v) is 3.68. The highest BCUT2D eigenvalue weighted by atomic mass is 32.1. The van der Waals surface area contributed by atoms with E-state index >= 15 is 0 Å². The minimum absolute atomic E-state index is 0.0480. The fourth-order valence-corrected chi connectivity index (χ4v) is 2.54. The molecule has 0 amide bonds. The molecule has 0 radical (unpaired) electrons. The molecular weight excluding hydrogens is 288 g/mol. The number of nitriles is 1. The Hall–Kier alpha value is -2.46. The Morgan fingerprint density at radius 2 is 2.05 bits per heavy atom. The molecule has 0 fully saturated rings. The predicted octanol–water partition coefficient (Wildman–Crippen LogP) is 3.27. The maximum Gasteiger partial charge on any atom is 0.348 e. The first-order chi connectivity index (χ1) is 9.47. The van der Waals surface area contributed by atoms with Gasteiger partial charge in [0.1, 0.15) is 16.8 Å². The summed E-state index contributed by atoms with van der Waals surface area (Å²) in [6.45, 7) is 0. The van der Waals surface area contributed by atoms with Gasteiger partial charge in [-0.1, -0.05) is 0 Å². The zero-order valence-corrected chi connectivity index (χ0v) is 10.9. The van der Waals surface area contributed by atoms with E-state index in [9.17, 15) is 13.6 Å². The maximum atomic E-state index is 13.8. The summed E-state index contributed by atoms with van der Waals surface area (Å²) in [5.74, 6) is -3.26. The summed E-state index contributed by atoms with van der Waals surface area (Å²) in [7, 11) is 1.23. The Labute approximate surface area is 116 Å². The van der Waals surface area contributed by atoms with Crippen LogP contribution >= 0.6 is 11.3 Å². The predicted molar refractivity (Wildman–Crippen MR) is 67.9 cm³/mol. The van der Waals surface area contributed by atoms with E-state index in [0.29, 0.717) is 11.3 Å². The first kappa shape index (κ1) is 14.0. The first-order valence-corrected chi connectivity index (χ1v) is 6.10. The van der Waals surface area contributed by atoms with Gasteiger partial charge >= 0.3 is 5.97 Å². The molecule has 0 aliphatic rings. The average molecular weight is 295 g/mol. The van der Waals surface area contributed by atoms with Gasteiger partial charge in [0, 0.05) is 4.88 Å². The normalized spacial score (nSPS) is 10.1. The van der Waals surface area contributed by atoms with Crippen molar-refractivity contribution in [3.8, 4) is 22.3 Å². The number of carboxylic acids is 1. The Morgan fingerprint density at radius 1 is 1.35 bits per heavy atom. The second kappa shape index (κ2) is 5.27. The Kier molecular flexibility index (Phi) is 3.68. The van der Waals surface area contributed by atoms with Gasteiger partial charge in [-0.3, -0.25) is 0 Å². The van der Waals surface area contributed by atoms with Crippen LogP contribution in [0.3, 0.4) is 0 Å². The number of methoxy groups -OCH3 is 1. The summed E-state index contributed by atoms with van der Waals surface area (Å²) >= 11 is 0.671. The van der Waals surface area contributed by atoms with Gasteiger partial charge < -0.3 is 9.84 Å². The number of aromatic carboxylic acids is 1. The second-order valence-corrected chi connectivity index (χ2v) is 4.80. The highest BCUT2D eigenvalue weighted by molar-refractivity contribution is 7.17. The van der Waals surface area contributed by atoms with Crippen LogP contribution in [-0.2, 0) is 0 Å². The lowest BCUT2D eigenvalue weighted by molar-refractivity contribution is 0.0697. The molecular formula is C13H7F2NO3S. The molecule has 2 rings (SSSR count). The lowest BCUT2D eigenvalue weighted by atomic mass is 10.1. The number of benzene rings is 1. The zero-order chi connectivity index (χ0) is 14.9. The van der Waals surface area contributed by atoms with Gasteiger partial charge in [-0.05, 0) is 23.8 Å². The number of carboxylic acid groups (broad SMARTS) is 1. The van der Waals surface area contributed by atoms with E-state index in [1.165, 1.54) is 13.2 Å². The first-order valence-electron chi connectivity index (χ1n) is 5.28. The molecule has 1 heterocycles. The smallest absolute Gasteiger partial charge is 0.348 e. The van der Waals surface area contributed by atoms with Gasteiger partial charge in [0.15, 0.2) is 11.6 Å². The molecule has 102 valence electrons. The topological polar surface area (TPSA) is 70.3 Å². The third kappa shape index (κ3) is 2.33. The van der Waals surface area contributed by atoms with Crippen LogP contribution in [0.25, 0.3) is 10.4 Å². The second-order valence-electron chi connectivity index (χ2n) is 3.74. The Bertz CT molecular complexity index is 734.